The maximum atomic E-state index is 11.8. The number of ketones is 1. The van der Waals surface area contributed by atoms with Crippen LogP contribution in [-0.2, 0) is 9.59 Å². The quantitative estimate of drug-likeness (QED) is 0.537. The smallest absolute Gasteiger partial charge is 0.220 e. The number of carbonyl (C=O) groups excluding carboxylic acids is 3. The molecule has 2 N–H and O–H groups in total. The van der Waals surface area contributed by atoms with Gasteiger partial charge in [0.15, 0.2) is 5.78 Å². The summed E-state index contributed by atoms with van der Waals surface area (Å²) in [7, 11) is 0. The molecule has 2 amide bonds. The zero-order valence-corrected chi connectivity index (χ0v) is 12.4. The maximum absolute atomic E-state index is 11.8. The Morgan fingerprint density at radius 3 is 2.24 bits per heavy atom. The van der Waals surface area contributed by atoms with E-state index in [0.717, 1.165) is 0 Å². The Labute approximate surface area is 125 Å². The van der Waals surface area contributed by atoms with Crippen LogP contribution in [0.3, 0.4) is 0 Å². The van der Waals surface area contributed by atoms with Crippen molar-refractivity contribution in [1.29, 1.82) is 0 Å². The van der Waals surface area contributed by atoms with Crippen molar-refractivity contribution >= 4 is 17.6 Å². The summed E-state index contributed by atoms with van der Waals surface area (Å²) in [4.78, 5) is 34.0. The third-order valence-corrected chi connectivity index (χ3v) is 2.95. The molecule has 0 unspecified atom stereocenters. The Bertz CT molecular complexity index is 472. The molecule has 0 heterocycles. The van der Waals surface area contributed by atoms with E-state index in [1.54, 1.807) is 12.1 Å². The molecule has 1 rings (SSSR count). The minimum absolute atomic E-state index is 0.0568. The van der Waals surface area contributed by atoms with Crippen LogP contribution in [0.1, 0.15) is 43.0 Å². The second-order valence-corrected chi connectivity index (χ2v) is 4.83. The molecule has 0 aliphatic heterocycles. The van der Waals surface area contributed by atoms with Crippen molar-refractivity contribution in [2.24, 2.45) is 0 Å². The molecule has 0 spiro atoms. The first-order valence-corrected chi connectivity index (χ1v) is 7.19. The van der Waals surface area contributed by atoms with E-state index in [1.807, 2.05) is 18.2 Å². The van der Waals surface area contributed by atoms with Gasteiger partial charge in [-0.05, 0) is 12.8 Å². The fourth-order valence-corrected chi connectivity index (χ4v) is 1.85. The molecule has 1 aromatic carbocycles. The summed E-state index contributed by atoms with van der Waals surface area (Å²) in [6.07, 6.45) is 1.97. The first-order chi connectivity index (χ1) is 10.1. The van der Waals surface area contributed by atoms with Crippen LogP contribution in [0, 0.1) is 0 Å². The number of hydrogen-bond donors (Lipinski definition) is 2. The third-order valence-electron chi connectivity index (χ3n) is 2.95. The van der Waals surface area contributed by atoms with E-state index in [-0.39, 0.29) is 17.6 Å². The Morgan fingerprint density at radius 2 is 1.57 bits per heavy atom. The number of Topliss-reactive ketones (excluding diaryl/α,β-unsaturated/α-hetero) is 1. The van der Waals surface area contributed by atoms with E-state index in [2.05, 4.69) is 10.6 Å². The van der Waals surface area contributed by atoms with Gasteiger partial charge in [-0.25, -0.2) is 0 Å². The molecule has 0 aliphatic rings. The molecule has 5 nitrogen and oxygen atoms in total. The minimum Gasteiger partial charge on any atom is -0.356 e. The van der Waals surface area contributed by atoms with Gasteiger partial charge in [0.05, 0.1) is 0 Å². The van der Waals surface area contributed by atoms with E-state index in [4.69, 9.17) is 0 Å². The first-order valence-electron chi connectivity index (χ1n) is 7.19. The van der Waals surface area contributed by atoms with E-state index in [1.165, 1.54) is 6.92 Å². The molecule has 0 atom stereocenters. The van der Waals surface area contributed by atoms with Gasteiger partial charge in [0.25, 0.3) is 0 Å². The van der Waals surface area contributed by atoms with Gasteiger partial charge in [0.1, 0.15) is 0 Å². The lowest BCUT2D eigenvalue weighted by molar-refractivity contribution is -0.121. The average Bonchev–Trinajstić information content (AvgIpc) is 2.47. The van der Waals surface area contributed by atoms with Crippen LogP contribution in [0.2, 0.25) is 0 Å². The van der Waals surface area contributed by atoms with E-state index in [0.29, 0.717) is 44.3 Å². The minimum atomic E-state index is -0.0687. The number of hydrogen-bond acceptors (Lipinski definition) is 3. The Hall–Kier alpha value is -2.17. The van der Waals surface area contributed by atoms with Gasteiger partial charge in [-0.15, -0.1) is 0 Å². The Morgan fingerprint density at radius 1 is 0.905 bits per heavy atom. The van der Waals surface area contributed by atoms with Crippen molar-refractivity contribution in [1.82, 2.24) is 10.6 Å². The number of amides is 2. The zero-order valence-electron chi connectivity index (χ0n) is 12.4. The standard InChI is InChI=1S/C16H22N2O3/c1-13(19)17-11-6-12-18-16(21)10-5-9-15(20)14-7-3-2-4-8-14/h2-4,7-8H,5-6,9-12H2,1H3,(H,17,19)(H,18,21). The molecule has 0 radical (unpaired) electrons. The Kier molecular flexibility index (Phi) is 7.79. The average molecular weight is 290 g/mol. The lowest BCUT2D eigenvalue weighted by Crippen LogP contribution is -2.28. The van der Waals surface area contributed by atoms with Gasteiger partial charge in [-0.3, -0.25) is 14.4 Å². The van der Waals surface area contributed by atoms with Crippen LogP contribution < -0.4 is 10.6 Å². The Balaban J connectivity index is 2.08. The van der Waals surface area contributed by atoms with Crippen molar-refractivity contribution in [3.63, 3.8) is 0 Å². The molecule has 0 aromatic heterocycles. The fraction of sp³-hybridized carbons (Fsp3) is 0.438. The van der Waals surface area contributed by atoms with Crippen LogP contribution in [0.5, 0.6) is 0 Å². The highest BCUT2D eigenvalue weighted by Crippen LogP contribution is 2.06. The zero-order chi connectivity index (χ0) is 15.5. The highest BCUT2D eigenvalue weighted by atomic mass is 16.2. The molecule has 0 fully saturated rings. The van der Waals surface area contributed by atoms with Gasteiger partial charge < -0.3 is 10.6 Å². The second-order valence-electron chi connectivity index (χ2n) is 4.83. The van der Waals surface area contributed by atoms with Gasteiger partial charge >= 0.3 is 0 Å². The van der Waals surface area contributed by atoms with Crippen LogP contribution in [-0.4, -0.2) is 30.7 Å². The molecular formula is C16H22N2O3. The van der Waals surface area contributed by atoms with E-state index in [9.17, 15) is 14.4 Å². The van der Waals surface area contributed by atoms with E-state index >= 15 is 0 Å². The van der Waals surface area contributed by atoms with Crippen LogP contribution in [0.15, 0.2) is 30.3 Å². The first kappa shape index (κ1) is 16.9. The number of benzene rings is 1. The van der Waals surface area contributed by atoms with E-state index < -0.39 is 0 Å². The summed E-state index contributed by atoms with van der Waals surface area (Å²) in [5.74, 6) is -0.0616. The van der Waals surface area contributed by atoms with Gasteiger partial charge in [-0.1, -0.05) is 30.3 Å². The number of rotatable bonds is 9. The summed E-state index contributed by atoms with van der Waals surface area (Å²) in [5.41, 5.74) is 0.688. The van der Waals surface area contributed by atoms with Gasteiger partial charge in [-0.2, -0.15) is 0 Å². The van der Waals surface area contributed by atoms with Gasteiger partial charge in [0.2, 0.25) is 11.8 Å². The van der Waals surface area contributed by atoms with Crippen molar-refractivity contribution in [3.05, 3.63) is 35.9 Å². The van der Waals surface area contributed by atoms with Crippen LogP contribution in [0.25, 0.3) is 0 Å². The lowest BCUT2D eigenvalue weighted by Gasteiger charge is -2.05. The molecule has 0 aliphatic carbocycles. The topological polar surface area (TPSA) is 75.3 Å². The predicted octanol–water partition coefficient (Wildman–Crippen LogP) is 1.68. The SMILES string of the molecule is CC(=O)NCCCNC(=O)CCCC(=O)c1ccccc1. The normalized spacial score (nSPS) is 9.95. The summed E-state index contributed by atoms with van der Waals surface area (Å²) >= 11 is 0. The molecule has 5 heteroatoms. The maximum Gasteiger partial charge on any atom is 0.220 e. The molecule has 1 aromatic rings. The van der Waals surface area contributed by atoms with Crippen molar-refractivity contribution < 1.29 is 14.4 Å². The van der Waals surface area contributed by atoms with Gasteiger partial charge in [0, 0.05) is 38.4 Å². The largest absolute Gasteiger partial charge is 0.356 e. The van der Waals surface area contributed by atoms with Crippen molar-refractivity contribution in [2.45, 2.75) is 32.6 Å². The summed E-state index contributed by atoms with van der Waals surface area (Å²) < 4.78 is 0. The third kappa shape index (κ3) is 7.87. The highest BCUT2D eigenvalue weighted by molar-refractivity contribution is 5.96. The summed E-state index contributed by atoms with van der Waals surface area (Å²) in [5, 5.41) is 5.43. The van der Waals surface area contributed by atoms with Crippen molar-refractivity contribution in [2.75, 3.05) is 13.1 Å². The number of nitrogens with one attached hydrogen (secondary N) is 2. The fourth-order valence-electron chi connectivity index (χ4n) is 1.85. The summed E-state index contributed by atoms with van der Waals surface area (Å²) in [6.45, 7) is 2.55. The molecular weight excluding hydrogens is 268 g/mol. The monoisotopic (exact) mass is 290 g/mol. The highest BCUT2D eigenvalue weighted by Gasteiger charge is 2.06. The summed E-state index contributed by atoms with van der Waals surface area (Å²) in [6, 6.07) is 9.09. The lowest BCUT2D eigenvalue weighted by atomic mass is 10.1. The van der Waals surface area contributed by atoms with Crippen LogP contribution >= 0.6 is 0 Å². The number of carbonyl (C=O) groups is 3. The van der Waals surface area contributed by atoms with Crippen LogP contribution in [0.4, 0.5) is 0 Å². The predicted molar refractivity (Wildman–Crippen MR) is 80.9 cm³/mol. The molecule has 114 valence electrons. The van der Waals surface area contributed by atoms with Crippen molar-refractivity contribution in [3.8, 4) is 0 Å². The molecule has 0 saturated heterocycles. The molecule has 0 bridgehead atoms. The second kappa shape index (κ2) is 9.69. The molecule has 0 saturated carbocycles. The molecule has 21 heavy (non-hydrogen) atoms.